The minimum Gasteiger partial charge on any atom is -0.394 e. The number of likely N-dealkylation sites (tertiary alicyclic amines) is 1. The van der Waals surface area contributed by atoms with Crippen LogP contribution in [0.3, 0.4) is 0 Å². The lowest BCUT2D eigenvalue weighted by molar-refractivity contribution is 0.0358. The minimum absolute atomic E-state index is 0.00843. The molecule has 1 aliphatic heterocycles. The van der Waals surface area contributed by atoms with Crippen LogP contribution in [0.15, 0.2) is 12.3 Å². The molecule has 1 saturated heterocycles. The average Bonchev–Trinajstić information content (AvgIpc) is 2.80. The van der Waals surface area contributed by atoms with Gasteiger partial charge in [0.1, 0.15) is 0 Å². The van der Waals surface area contributed by atoms with Gasteiger partial charge < -0.3 is 10.0 Å². The van der Waals surface area contributed by atoms with Crippen LogP contribution >= 0.6 is 0 Å². The van der Waals surface area contributed by atoms with E-state index >= 15 is 0 Å². The Morgan fingerprint density at radius 1 is 1.50 bits per heavy atom. The van der Waals surface area contributed by atoms with E-state index in [1.54, 1.807) is 15.8 Å². The molecule has 6 heteroatoms. The van der Waals surface area contributed by atoms with Crippen molar-refractivity contribution in [1.82, 2.24) is 19.7 Å². The number of rotatable bonds is 2. The molecule has 0 aromatic carbocycles. The van der Waals surface area contributed by atoms with Gasteiger partial charge in [-0.25, -0.2) is 4.98 Å². The first-order chi connectivity index (χ1) is 10.5. The Balaban J connectivity index is 1.96. The van der Waals surface area contributed by atoms with Crippen molar-refractivity contribution >= 4 is 16.9 Å². The maximum Gasteiger partial charge on any atom is 0.255 e. The zero-order chi connectivity index (χ0) is 15.9. The highest BCUT2D eigenvalue weighted by molar-refractivity contribution is 5.97. The summed E-state index contributed by atoms with van der Waals surface area (Å²) >= 11 is 0. The van der Waals surface area contributed by atoms with Crippen molar-refractivity contribution < 1.29 is 9.90 Å². The largest absolute Gasteiger partial charge is 0.394 e. The fourth-order valence-corrected chi connectivity index (χ4v) is 3.37. The van der Waals surface area contributed by atoms with E-state index in [0.717, 1.165) is 29.6 Å². The fourth-order valence-electron chi connectivity index (χ4n) is 3.37. The average molecular weight is 302 g/mol. The number of pyridine rings is 1. The summed E-state index contributed by atoms with van der Waals surface area (Å²) in [5.74, 6) is 0.266. The second-order valence-corrected chi connectivity index (χ2v) is 6.17. The van der Waals surface area contributed by atoms with E-state index in [9.17, 15) is 9.90 Å². The maximum atomic E-state index is 12.8. The van der Waals surface area contributed by atoms with Crippen LogP contribution in [-0.2, 0) is 7.05 Å². The summed E-state index contributed by atoms with van der Waals surface area (Å²) in [7, 11) is 1.85. The summed E-state index contributed by atoms with van der Waals surface area (Å²) in [6.07, 6.45) is 3.64. The molecule has 1 fully saturated rings. The molecule has 0 spiro atoms. The second-order valence-electron chi connectivity index (χ2n) is 6.17. The van der Waals surface area contributed by atoms with Gasteiger partial charge in [-0.2, -0.15) is 5.10 Å². The summed E-state index contributed by atoms with van der Waals surface area (Å²) < 4.78 is 1.72. The first kappa shape index (κ1) is 15.0. The third-order valence-electron chi connectivity index (χ3n) is 4.67. The van der Waals surface area contributed by atoms with Crippen molar-refractivity contribution in [1.29, 1.82) is 0 Å². The van der Waals surface area contributed by atoms with Gasteiger partial charge in [0.25, 0.3) is 5.91 Å². The number of carbonyl (C=O) groups excluding carboxylic acids is 1. The third-order valence-corrected chi connectivity index (χ3v) is 4.67. The molecule has 6 nitrogen and oxygen atoms in total. The molecule has 3 heterocycles. The van der Waals surface area contributed by atoms with Crippen LogP contribution in [0.1, 0.15) is 35.8 Å². The highest BCUT2D eigenvalue weighted by Crippen LogP contribution is 2.25. The molecule has 0 saturated carbocycles. The first-order valence-corrected chi connectivity index (χ1v) is 7.74. The molecule has 2 aromatic rings. The predicted octanol–water partition coefficient (Wildman–Crippen LogP) is 1.51. The number of amides is 1. The van der Waals surface area contributed by atoms with E-state index in [4.69, 9.17) is 0 Å². The van der Waals surface area contributed by atoms with E-state index in [0.29, 0.717) is 18.0 Å². The van der Waals surface area contributed by atoms with Gasteiger partial charge in [-0.15, -0.1) is 0 Å². The standard InChI is InChI=1S/C16H22N4O2/c1-10-5-4-6-20(14(10)9-21)16(22)12-7-13-11(2)18-19(3)15(13)17-8-12/h7-8,10,14,21H,4-6,9H2,1-3H3. The van der Waals surface area contributed by atoms with Crippen LogP contribution in [0, 0.1) is 12.8 Å². The number of aliphatic hydroxyl groups excluding tert-OH is 1. The zero-order valence-corrected chi connectivity index (χ0v) is 13.3. The zero-order valence-electron chi connectivity index (χ0n) is 13.3. The number of aromatic nitrogens is 3. The lowest BCUT2D eigenvalue weighted by atomic mass is 9.91. The Labute approximate surface area is 129 Å². The summed E-state index contributed by atoms with van der Waals surface area (Å²) in [6.45, 7) is 4.71. The van der Waals surface area contributed by atoms with Gasteiger partial charge in [0, 0.05) is 25.2 Å². The van der Waals surface area contributed by atoms with Crippen LogP contribution < -0.4 is 0 Å². The predicted molar refractivity (Wildman–Crippen MR) is 83.6 cm³/mol. The quantitative estimate of drug-likeness (QED) is 0.913. The van der Waals surface area contributed by atoms with Gasteiger partial charge in [-0.05, 0) is 31.7 Å². The number of fused-ring (bicyclic) bond motifs is 1. The normalized spacial score (nSPS) is 22.3. The number of carbonyl (C=O) groups is 1. The molecule has 22 heavy (non-hydrogen) atoms. The van der Waals surface area contributed by atoms with Crippen LogP contribution in [0.25, 0.3) is 11.0 Å². The van der Waals surface area contributed by atoms with Crippen LogP contribution in [-0.4, -0.2) is 49.9 Å². The molecule has 0 radical (unpaired) electrons. The van der Waals surface area contributed by atoms with E-state index in [2.05, 4.69) is 17.0 Å². The molecule has 1 amide bonds. The van der Waals surface area contributed by atoms with Gasteiger partial charge in [0.15, 0.2) is 5.65 Å². The second kappa shape index (κ2) is 5.68. The van der Waals surface area contributed by atoms with E-state index in [1.807, 2.05) is 20.0 Å². The Hall–Kier alpha value is -1.95. The van der Waals surface area contributed by atoms with Gasteiger partial charge in [0.2, 0.25) is 0 Å². The Kier molecular flexibility index (Phi) is 3.87. The number of hydrogen-bond acceptors (Lipinski definition) is 4. The van der Waals surface area contributed by atoms with Crippen LogP contribution in [0.4, 0.5) is 0 Å². The van der Waals surface area contributed by atoms with Crippen molar-refractivity contribution in [3.8, 4) is 0 Å². The Morgan fingerprint density at radius 2 is 2.27 bits per heavy atom. The molecule has 2 atom stereocenters. The smallest absolute Gasteiger partial charge is 0.255 e. The number of piperidine rings is 1. The number of aliphatic hydroxyl groups is 1. The Morgan fingerprint density at radius 3 is 3.00 bits per heavy atom. The summed E-state index contributed by atoms with van der Waals surface area (Å²) in [5.41, 5.74) is 2.21. The molecular weight excluding hydrogens is 280 g/mol. The molecular formula is C16H22N4O2. The number of aryl methyl sites for hydroxylation is 2. The molecule has 0 bridgehead atoms. The van der Waals surface area contributed by atoms with Crippen molar-refractivity contribution in [3.63, 3.8) is 0 Å². The number of hydrogen-bond donors (Lipinski definition) is 1. The fraction of sp³-hybridized carbons (Fsp3) is 0.562. The van der Waals surface area contributed by atoms with Gasteiger partial charge in [0.05, 0.1) is 23.9 Å². The molecule has 1 aliphatic rings. The summed E-state index contributed by atoms with van der Waals surface area (Å²) in [6, 6.07) is 1.76. The van der Waals surface area contributed by atoms with Gasteiger partial charge in [-0.3, -0.25) is 9.48 Å². The van der Waals surface area contributed by atoms with E-state index in [1.165, 1.54) is 0 Å². The van der Waals surface area contributed by atoms with Crippen molar-refractivity contribution in [2.75, 3.05) is 13.2 Å². The topological polar surface area (TPSA) is 71.2 Å². The number of nitrogens with zero attached hydrogens (tertiary/aromatic N) is 4. The van der Waals surface area contributed by atoms with E-state index in [-0.39, 0.29) is 18.6 Å². The molecule has 2 unspecified atom stereocenters. The van der Waals surface area contributed by atoms with Gasteiger partial charge in [-0.1, -0.05) is 6.92 Å². The van der Waals surface area contributed by atoms with Crippen LogP contribution in [0.5, 0.6) is 0 Å². The monoisotopic (exact) mass is 302 g/mol. The SMILES string of the molecule is Cc1nn(C)c2ncc(C(=O)N3CCCC(C)C3CO)cc12. The first-order valence-electron chi connectivity index (χ1n) is 7.74. The Bertz CT molecular complexity index is 709. The lowest BCUT2D eigenvalue weighted by Crippen LogP contribution is -2.49. The maximum absolute atomic E-state index is 12.8. The molecule has 3 rings (SSSR count). The summed E-state index contributed by atoms with van der Waals surface area (Å²) in [5, 5.41) is 14.9. The van der Waals surface area contributed by atoms with Crippen LogP contribution in [0.2, 0.25) is 0 Å². The van der Waals surface area contributed by atoms with Gasteiger partial charge >= 0.3 is 0 Å². The summed E-state index contributed by atoms with van der Waals surface area (Å²) in [4.78, 5) is 19.0. The highest BCUT2D eigenvalue weighted by Gasteiger charge is 2.32. The highest BCUT2D eigenvalue weighted by atomic mass is 16.3. The van der Waals surface area contributed by atoms with Crippen molar-refractivity contribution in [3.05, 3.63) is 23.5 Å². The molecule has 118 valence electrons. The molecule has 2 aromatic heterocycles. The molecule has 0 aliphatic carbocycles. The van der Waals surface area contributed by atoms with E-state index < -0.39 is 0 Å². The minimum atomic E-state index is -0.105. The molecule has 1 N–H and O–H groups in total. The van der Waals surface area contributed by atoms with Crippen molar-refractivity contribution in [2.24, 2.45) is 13.0 Å². The third kappa shape index (κ3) is 2.37. The lowest BCUT2D eigenvalue weighted by Gasteiger charge is -2.39. The van der Waals surface area contributed by atoms with Crippen molar-refractivity contribution in [2.45, 2.75) is 32.7 Å².